The molecule has 1 aromatic heterocycles. The van der Waals surface area contributed by atoms with Gasteiger partial charge in [0.25, 0.3) is 6.01 Å². The quantitative estimate of drug-likeness (QED) is 0.573. The van der Waals surface area contributed by atoms with E-state index in [0.717, 1.165) is 0 Å². The fraction of sp³-hybridized carbons (Fsp3) is 0.417. The van der Waals surface area contributed by atoms with E-state index in [9.17, 15) is 0 Å². The molecule has 0 radical (unpaired) electrons. The van der Waals surface area contributed by atoms with E-state index < -0.39 is 0 Å². The number of hydrogen-bond donors (Lipinski definition) is 2. The molecule has 0 aliphatic heterocycles. The zero-order chi connectivity index (χ0) is 12.8. The Kier molecular flexibility index (Phi) is 4.38. The number of para-hydroxylation sites is 1. The van der Waals surface area contributed by atoms with Gasteiger partial charge in [-0.3, -0.25) is 0 Å². The lowest BCUT2D eigenvalue weighted by Crippen LogP contribution is -2.12. The third-order valence-corrected chi connectivity index (χ3v) is 2.40. The van der Waals surface area contributed by atoms with E-state index in [-0.39, 0.29) is 0 Å². The van der Waals surface area contributed by atoms with Crippen LogP contribution in [0.2, 0.25) is 0 Å². The van der Waals surface area contributed by atoms with Gasteiger partial charge in [-0.1, -0.05) is 6.07 Å². The van der Waals surface area contributed by atoms with E-state index in [1.807, 2.05) is 12.1 Å². The van der Waals surface area contributed by atoms with Crippen molar-refractivity contribution < 1.29 is 13.9 Å². The van der Waals surface area contributed by atoms with Gasteiger partial charge in [0.1, 0.15) is 5.52 Å². The second-order valence-corrected chi connectivity index (χ2v) is 3.74. The van der Waals surface area contributed by atoms with E-state index >= 15 is 0 Å². The lowest BCUT2D eigenvalue weighted by Gasteiger charge is -2.03. The summed E-state index contributed by atoms with van der Waals surface area (Å²) in [5, 5.41) is 3.04. The predicted molar refractivity (Wildman–Crippen MR) is 69.6 cm³/mol. The van der Waals surface area contributed by atoms with Crippen LogP contribution in [0.4, 0.5) is 11.7 Å². The predicted octanol–water partition coefficient (Wildman–Crippen LogP) is 1.48. The van der Waals surface area contributed by atoms with Crippen LogP contribution in [0, 0.1) is 0 Å². The smallest absolute Gasteiger partial charge is 0.295 e. The molecule has 0 fully saturated rings. The highest BCUT2D eigenvalue weighted by atomic mass is 16.5. The molecule has 18 heavy (non-hydrogen) atoms. The van der Waals surface area contributed by atoms with Crippen molar-refractivity contribution in [3.05, 3.63) is 18.2 Å². The Balaban J connectivity index is 1.83. The Morgan fingerprint density at radius 3 is 3.00 bits per heavy atom. The number of rotatable bonds is 7. The van der Waals surface area contributed by atoms with Crippen molar-refractivity contribution in [1.82, 2.24) is 4.98 Å². The Morgan fingerprint density at radius 2 is 2.22 bits per heavy atom. The van der Waals surface area contributed by atoms with Gasteiger partial charge in [-0.15, -0.1) is 0 Å². The maximum atomic E-state index is 5.79. The normalized spacial score (nSPS) is 10.9. The number of fused-ring (bicyclic) bond motifs is 1. The molecule has 0 bridgehead atoms. The summed E-state index contributed by atoms with van der Waals surface area (Å²) >= 11 is 0. The van der Waals surface area contributed by atoms with E-state index in [1.165, 1.54) is 0 Å². The van der Waals surface area contributed by atoms with Gasteiger partial charge in [-0.25, -0.2) is 0 Å². The number of methoxy groups -OCH3 is 1. The maximum Gasteiger partial charge on any atom is 0.295 e. The molecule has 0 unspecified atom stereocenters. The second-order valence-electron chi connectivity index (χ2n) is 3.74. The average Bonchev–Trinajstić information content (AvgIpc) is 2.78. The molecule has 0 saturated carbocycles. The molecule has 0 saturated heterocycles. The third-order valence-electron chi connectivity index (χ3n) is 2.40. The number of ether oxygens (including phenoxy) is 2. The summed E-state index contributed by atoms with van der Waals surface area (Å²) in [6, 6.07) is 5.92. The number of hydrogen-bond acceptors (Lipinski definition) is 6. The van der Waals surface area contributed by atoms with Crippen molar-refractivity contribution >= 4 is 22.8 Å². The van der Waals surface area contributed by atoms with Crippen molar-refractivity contribution in [2.45, 2.75) is 0 Å². The van der Waals surface area contributed by atoms with E-state index in [1.54, 1.807) is 13.2 Å². The third kappa shape index (κ3) is 3.12. The minimum Gasteiger partial charge on any atom is -0.423 e. The summed E-state index contributed by atoms with van der Waals surface area (Å²) < 4.78 is 15.7. The summed E-state index contributed by atoms with van der Waals surface area (Å²) in [5.41, 5.74) is 7.76. The Labute approximate surface area is 105 Å². The summed E-state index contributed by atoms with van der Waals surface area (Å²) in [5.74, 6) is 0. The molecule has 6 heteroatoms. The number of benzene rings is 1. The Morgan fingerprint density at radius 1 is 1.33 bits per heavy atom. The lowest BCUT2D eigenvalue weighted by molar-refractivity contribution is 0.0758. The number of nitrogen functional groups attached to an aromatic ring is 1. The molecular formula is C12H17N3O3. The number of nitrogens with two attached hydrogens (primary N) is 1. The fourth-order valence-corrected chi connectivity index (χ4v) is 1.52. The first-order valence-corrected chi connectivity index (χ1v) is 5.77. The van der Waals surface area contributed by atoms with E-state index in [2.05, 4.69) is 10.3 Å². The molecule has 98 valence electrons. The van der Waals surface area contributed by atoms with Crippen LogP contribution in [-0.2, 0) is 9.47 Å². The van der Waals surface area contributed by atoms with Crippen LogP contribution in [0.15, 0.2) is 22.6 Å². The van der Waals surface area contributed by atoms with Crippen LogP contribution in [0.3, 0.4) is 0 Å². The van der Waals surface area contributed by atoms with Crippen molar-refractivity contribution in [3.63, 3.8) is 0 Å². The van der Waals surface area contributed by atoms with Crippen molar-refractivity contribution in [2.75, 3.05) is 44.5 Å². The zero-order valence-electron chi connectivity index (χ0n) is 10.3. The molecule has 0 aliphatic carbocycles. The number of oxazole rings is 1. The standard InChI is InChI=1S/C12H17N3O3/c1-16-7-8-17-6-5-14-12-15-11-9(13)3-2-4-10(11)18-12/h2-4H,5-8,13H2,1H3,(H,14,15). The Bertz CT molecular complexity index is 498. The van der Waals surface area contributed by atoms with Crippen LogP contribution in [0.5, 0.6) is 0 Å². The lowest BCUT2D eigenvalue weighted by atomic mass is 10.3. The van der Waals surface area contributed by atoms with Crippen molar-refractivity contribution in [2.24, 2.45) is 0 Å². The second kappa shape index (κ2) is 6.23. The monoisotopic (exact) mass is 251 g/mol. The highest BCUT2D eigenvalue weighted by molar-refractivity contribution is 5.86. The Hall–Kier alpha value is -1.79. The van der Waals surface area contributed by atoms with Crippen molar-refractivity contribution in [3.8, 4) is 0 Å². The summed E-state index contributed by atoms with van der Waals surface area (Å²) in [7, 11) is 1.64. The van der Waals surface area contributed by atoms with Gasteiger partial charge in [-0.05, 0) is 12.1 Å². The SMILES string of the molecule is COCCOCCNc1nc2c(N)cccc2o1. The molecule has 1 aromatic carbocycles. The van der Waals surface area contributed by atoms with Crippen LogP contribution in [-0.4, -0.2) is 38.5 Å². The summed E-state index contributed by atoms with van der Waals surface area (Å²) in [6.07, 6.45) is 0. The highest BCUT2D eigenvalue weighted by Gasteiger charge is 2.06. The largest absolute Gasteiger partial charge is 0.423 e. The molecule has 0 spiro atoms. The first-order chi connectivity index (χ1) is 8.81. The van der Waals surface area contributed by atoms with Gasteiger partial charge < -0.3 is 24.9 Å². The van der Waals surface area contributed by atoms with Crippen LogP contribution in [0.1, 0.15) is 0 Å². The van der Waals surface area contributed by atoms with Gasteiger partial charge in [0.2, 0.25) is 0 Å². The molecule has 0 amide bonds. The summed E-state index contributed by atoms with van der Waals surface area (Å²) in [6.45, 7) is 2.37. The van der Waals surface area contributed by atoms with Gasteiger partial charge >= 0.3 is 0 Å². The van der Waals surface area contributed by atoms with Crippen LogP contribution >= 0.6 is 0 Å². The molecule has 2 aromatic rings. The number of nitrogens with zero attached hydrogens (tertiary/aromatic N) is 1. The number of aromatic nitrogens is 1. The molecule has 2 rings (SSSR count). The number of anilines is 2. The average molecular weight is 251 g/mol. The van der Waals surface area contributed by atoms with Gasteiger partial charge in [0.05, 0.1) is 25.5 Å². The van der Waals surface area contributed by atoms with E-state index in [4.69, 9.17) is 19.6 Å². The number of nitrogens with one attached hydrogen (secondary N) is 1. The first kappa shape index (κ1) is 12.7. The zero-order valence-corrected chi connectivity index (χ0v) is 10.3. The maximum absolute atomic E-state index is 5.79. The fourth-order valence-electron chi connectivity index (χ4n) is 1.52. The minimum absolute atomic E-state index is 0.457. The van der Waals surface area contributed by atoms with Gasteiger partial charge in [0.15, 0.2) is 5.58 Å². The molecular weight excluding hydrogens is 234 g/mol. The van der Waals surface area contributed by atoms with Gasteiger partial charge in [0, 0.05) is 13.7 Å². The van der Waals surface area contributed by atoms with Gasteiger partial charge in [-0.2, -0.15) is 4.98 Å². The molecule has 0 aliphatic rings. The molecule has 0 atom stereocenters. The van der Waals surface area contributed by atoms with Crippen LogP contribution < -0.4 is 11.1 Å². The minimum atomic E-state index is 0.457. The summed E-state index contributed by atoms with van der Waals surface area (Å²) in [4.78, 5) is 4.26. The van der Waals surface area contributed by atoms with E-state index in [0.29, 0.717) is 49.2 Å². The molecule has 6 nitrogen and oxygen atoms in total. The molecule has 3 N–H and O–H groups in total. The van der Waals surface area contributed by atoms with Crippen LogP contribution in [0.25, 0.3) is 11.1 Å². The van der Waals surface area contributed by atoms with Crippen molar-refractivity contribution in [1.29, 1.82) is 0 Å². The topological polar surface area (TPSA) is 82.5 Å². The first-order valence-electron chi connectivity index (χ1n) is 5.77. The highest BCUT2D eigenvalue weighted by Crippen LogP contribution is 2.23. The molecule has 1 heterocycles.